The number of primary amides is 1. The molecule has 0 aromatic heterocycles. The van der Waals surface area contributed by atoms with Crippen molar-refractivity contribution >= 4 is 17.5 Å². The highest BCUT2D eigenvalue weighted by Crippen LogP contribution is 2.04. The smallest absolute Gasteiger partial charge is 0.229 e. The number of nitrogen functional groups attached to an aromatic ring is 1. The fourth-order valence-corrected chi connectivity index (χ4v) is 1.06. The second-order valence-electron chi connectivity index (χ2n) is 3.16. The summed E-state index contributed by atoms with van der Waals surface area (Å²) < 4.78 is 0. The van der Waals surface area contributed by atoms with Crippen molar-refractivity contribution in [3.63, 3.8) is 0 Å². The van der Waals surface area contributed by atoms with Gasteiger partial charge >= 0.3 is 0 Å². The summed E-state index contributed by atoms with van der Waals surface area (Å²) in [6.45, 7) is 0.367. The summed E-state index contributed by atoms with van der Waals surface area (Å²) in [5.41, 5.74) is 12.0. The summed E-state index contributed by atoms with van der Waals surface area (Å²) in [6.07, 6.45) is -0.283. The van der Waals surface area contributed by atoms with E-state index in [1.54, 1.807) is 24.3 Å². The zero-order valence-corrected chi connectivity index (χ0v) is 8.19. The Hall–Kier alpha value is -2.04. The van der Waals surface area contributed by atoms with E-state index in [2.05, 4.69) is 5.32 Å². The molecule has 0 fully saturated rings. The number of rotatable bonds is 4. The van der Waals surface area contributed by atoms with Crippen molar-refractivity contribution in [2.75, 3.05) is 5.73 Å². The maximum absolute atomic E-state index is 11.1. The third-order valence-corrected chi connectivity index (χ3v) is 1.80. The van der Waals surface area contributed by atoms with Gasteiger partial charge in [-0.3, -0.25) is 9.59 Å². The fourth-order valence-electron chi connectivity index (χ4n) is 1.06. The molecule has 0 radical (unpaired) electrons. The summed E-state index contributed by atoms with van der Waals surface area (Å²) in [4.78, 5) is 21.5. The van der Waals surface area contributed by atoms with Crippen molar-refractivity contribution < 1.29 is 9.59 Å². The maximum atomic E-state index is 11.1. The molecule has 0 saturated heterocycles. The minimum Gasteiger partial charge on any atom is -0.399 e. The third-order valence-electron chi connectivity index (χ3n) is 1.80. The minimum absolute atomic E-state index is 0.283. The van der Waals surface area contributed by atoms with Crippen LogP contribution in [0.3, 0.4) is 0 Å². The van der Waals surface area contributed by atoms with Gasteiger partial charge in [-0.1, -0.05) is 12.1 Å². The molecular formula is C10H13N3O2. The second-order valence-corrected chi connectivity index (χ2v) is 3.16. The predicted octanol–water partition coefficient (Wildman–Crippen LogP) is -0.240. The highest BCUT2D eigenvalue weighted by atomic mass is 16.2. The molecule has 0 aliphatic rings. The lowest BCUT2D eigenvalue weighted by Crippen LogP contribution is -2.27. The van der Waals surface area contributed by atoms with Crippen molar-refractivity contribution in [3.05, 3.63) is 29.8 Å². The van der Waals surface area contributed by atoms with Crippen LogP contribution >= 0.6 is 0 Å². The molecule has 0 aliphatic heterocycles. The standard InChI is InChI=1S/C10H13N3O2/c11-8-3-1-7(2-4-8)6-13-10(15)5-9(12)14/h1-4H,5-6,11H2,(H2,12,14)(H,13,15). The van der Waals surface area contributed by atoms with Crippen LogP contribution in [0.2, 0.25) is 0 Å². The Morgan fingerprint density at radius 2 is 1.80 bits per heavy atom. The zero-order valence-electron chi connectivity index (χ0n) is 8.19. The molecule has 1 rings (SSSR count). The number of carbonyl (C=O) groups is 2. The van der Waals surface area contributed by atoms with E-state index in [4.69, 9.17) is 11.5 Å². The van der Waals surface area contributed by atoms with Crippen LogP contribution in [0.25, 0.3) is 0 Å². The van der Waals surface area contributed by atoms with Crippen molar-refractivity contribution in [1.29, 1.82) is 0 Å². The summed E-state index contributed by atoms with van der Waals surface area (Å²) >= 11 is 0. The first-order chi connectivity index (χ1) is 7.08. The molecule has 0 saturated carbocycles. The van der Waals surface area contributed by atoms with Gasteiger partial charge < -0.3 is 16.8 Å². The first-order valence-electron chi connectivity index (χ1n) is 4.47. The highest BCUT2D eigenvalue weighted by molar-refractivity contribution is 5.95. The number of nitrogens with one attached hydrogen (secondary N) is 1. The van der Waals surface area contributed by atoms with E-state index in [1.165, 1.54) is 0 Å². The van der Waals surface area contributed by atoms with Crippen LogP contribution in [-0.4, -0.2) is 11.8 Å². The molecule has 15 heavy (non-hydrogen) atoms. The summed E-state index contributed by atoms with van der Waals surface area (Å²) in [6, 6.07) is 7.10. The molecule has 0 heterocycles. The molecule has 0 unspecified atom stereocenters. The van der Waals surface area contributed by atoms with Gasteiger partial charge in [0.25, 0.3) is 0 Å². The topological polar surface area (TPSA) is 98.2 Å². The average Bonchev–Trinajstić information content (AvgIpc) is 2.16. The molecule has 1 aromatic rings. The summed E-state index contributed by atoms with van der Waals surface area (Å²) in [5, 5.41) is 2.57. The first-order valence-corrected chi connectivity index (χ1v) is 4.47. The predicted molar refractivity (Wildman–Crippen MR) is 56.5 cm³/mol. The minimum atomic E-state index is -0.634. The van der Waals surface area contributed by atoms with Crippen molar-refractivity contribution in [2.45, 2.75) is 13.0 Å². The van der Waals surface area contributed by atoms with Crippen LogP contribution < -0.4 is 16.8 Å². The van der Waals surface area contributed by atoms with Crippen LogP contribution in [0, 0.1) is 0 Å². The van der Waals surface area contributed by atoms with Gasteiger partial charge in [-0.15, -0.1) is 0 Å². The monoisotopic (exact) mass is 207 g/mol. The van der Waals surface area contributed by atoms with Crippen molar-refractivity contribution in [3.8, 4) is 0 Å². The summed E-state index contributed by atoms with van der Waals surface area (Å²) in [7, 11) is 0. The van der Waals surface area contributed by atoms with Gasteiger partial charge in [0.15, 0.2) is 0 Å². The Morgan fingerprint density at radius 3 is 2.33 bits per heavy atom. The molecule has 5 heteroatoms. The van der Waals surface area contributed by atoms with Gasteiger partial charge in [-0.05, 0) is 17.7 Å². The van der Waals surface area contributed by atoms with Gasteiger partial charge in [0, 0.05) is 12.2 Å². The lowest BCUT2D eigenvalue weighted by atomic mass is 10.2. The number of hydrogen-bond acceptors (Lipinski definition) is 3. The number of nitrogens with two attached hydrogens (primary N) is 2. The van der Waals surface area contributed by atoms with Gasteiger partial charge in [0.05, 0.1) is 0 Å². The van der Waals surface area contributed by atoms with E-state index >= 15 is 0 Å². The van der Waals surface area contributed by atoms with E-state index in [9.17, 15) is 9.59 Å². The molecule has 0 aliphatic carbocycles. The van der Waals surface area contributed by atoms with E-state index < -0.39 is 5.91 Å². The van der Waals surface area contributed by atoms with Gasteiger partial charge in [-0.2, -0.15) is 0 Å². The largest absolute Gasteiger partial charge is 0.399 e. The normalized spacial score (nSPS) is 9.60. The number of anilines is 1. The SMILES string of the molecule is NC(=O)CC(=O)NCc1ccc(N)cc1. The molecule has 0 bridgehead atoms. The maximum Gasteiger partial charge on any atom is 0.229 e. The van der Waals surface area contributed by atoms with Gasteiger partial charge in [0.1, 0.15) is 6.42 Å². The van der Waals surface area contributed by atoms with Crippen LogP contribution in [0.1, 0.15) is 12.0 Å². The van der Waals surface area contributed by atoms with Gasteiger partial charge in [0.2, 0.25) is 11.8 Å². The molecule has 80 valence electrons. The van der Waals surface area contributed by atoms with Crippen LogP contribution in [0.15, 0.2) is 24.3 Å². The molecular weight excluding hydrogens is 194 g/mol. The molecule has 0 spiro atoms. The van der Waals surface area contributed by atoms with E-state index in [1.807, 2.05) is 0 Å². The fraction of sp³-hybridized carbons (Fsp3) is 0.200. The number of benzene rings is 1. The lowest BCUT2D eigenvalue weighted by Gasteiger charge is -2.04. The number of amides is 2. The lowest BCUT2D eigenvalue weighted by molar-refractivity contribution is -0.127. The third kappa shape index (κ3) is 4.12. The summed E-state index contributed by atoms with van der Waals surface area (Å²) in [5.74, 6) is -1.01. The molecule has 5 nitrogen and oxygen atoms in total. The number of carbonyl (C=O) groups excluding carboxylic acids is 2. The Kier molecular flexibility index (Phi) is 3.68. The Balaban J connectivity index is 2.40. The molecule has 5 N–H and O–H groups in total. The number of hydrogen-bond donors (Lipinski definition) is 3. The van der Waals surface area contributed by atoms with Gasteiger partial charge in [-0.25, -0.2) is 0 Å². The molecule has 1 aromatic carbocycles. The Bertz CT molecular complexity index is 359. The molecule has 0 atom stereocenters. The van der Waals surface area contributed by atoms with Crippen molar-refractivity contribution in [2.24, 2.45) is 5.73 Å². The highest BCUT2D eigenvalue weighted by Gasteiger charge is 2.04. The van der Waals surface area contributed by atoms with E-state index in [-0.39, 0.29) is 12.3 Å². The first kappa shape index (κ1) is 11.0. The quantitative estimate of drug-likeness (QED) is 0.469. The molecule has 2 amide bonds. The van der Waals surface area contributed by atoms with Crippen LogP contribution in [0.5, 0.6) is 0 Å². The van der Waals surface area contributed by atoms with E-state index in [0.717, 1.165) is 5.56 Å². The Labute approximate surface area is 87.4 Å². The second kappa shape index (κ2) is 4.99. The van der Waals surface area contributed by atoms with Crippen LogP contribution in [0.4, 0.5) is 5.69 Å². The van der Waals surface area contributed by atoms with Crippen molar-refractivity contribution in [1.82, 2.24) is 5.32 Å². The van der Waals surface area contributed by atoms with E-state index in [0.29, 0.717) is 12.2 Å². The van der Waals surface area contributed by atoms with Crippen LogP contribution in [-0.2, 0) is 16.1 Å². The average molecular weight is 207 g/mol. The zero-order chi connectivity index (χ0) is 11.3. The Morgan fingerprint density at radius 1 is 1.20 bits per heavy atom.